The van der Waals surface area contributed by atoms with E-state index in [0.29, 0.717) is 19.8 Å². The smallest absolute Gasteiger partial charge is 0.228 e. The maximum Gasteiger partial charge on any atom is 0.228 e. The lowest BCUT2D eigenvalue weighted by atomic mass is 9.78. The Morgan fingerprint density at radius 1 is 1.27 bits per heavy atom. The van der Waals surface area contributed by atoms with E-state index in [4.69, 9.17) is 9.47 Å². The highest BCUT2D eigenvalue weighted by molar-refractivity contribution is 5.84. The molecule has 1 aliphatic heterocycles. The molecule has 2 N–H and O–H groups in total. The lowest BCUT2D eigenvalue weighted by Crippen LogP contribution is -2.50. The molecule has 2 aromatic rings. The number of hydrogen-bond donors (Lipinski definition) is 2. The van der Waals surface area contributed by atoms with Gasteiger partial charge in [-0.3, -0.25) is 9.78 Å². The van der Waals surface area contributed by atoms with E-state index >= 15 is 0 Å². The molecule has 1 aromatic carbocycles. The number of para-hydroxylation sites is 1. The Kier molecular flexibility index (Phi) is 6.41. The largest absolute Gasteiger partial charge is 0.491 e. The highest BCUT2D eigenvalue weighted by Crippen LogP contribution is 2.29. The SMILES string of the molecule is COCC1(C(=O)NCCCOc2cccc3cccnc23)CCNCC1. The van der Waals surface area contributed by atoms with Crippen molar-refractivity contribution < 1.29 is 14.3 Å². The van der Waals surface area contributed by atoms with Crippen LogP contribution in [0.2, 0.25) is 0 Å². The number of aromatic nitrogens is 1. The second-order valence-corrected chi connectivity index (χ2v) is 6.75. The Morgan fingerprint density at radius 3 is 2.88 bits per heavy atom. The van der Waals surface area contributed by atoms with Gasteiger partial charge in [-0.05, 0) is 44.5 Å². The minimum absolute atomic E-state index is 0.0904. The summed E-state index contributed by atoms with van der Waals surface area (Å²) in [5.41, 5.74) is 0.466. The average molecular weight is 357 g/mol. The van der Waals surface area contributed by atoms with Gasteiger partial charge in [-0.25, -0.2) is 0 Å². The average Bonchev–Trinajstić information content (AvgIpc) is 2.68. The quantitative estimate of drug-likeness (QED) is 0.708. The summed E-state index contributed by atoms with van der Waals surface area (Å²) in [6.07, 6.45) is 4.13. The molecule has 6 nitrogen and oxygen atoms in total. The molecule has 2 heterocycles. The fraction of sp³-hybridized carbons (Fsp3) is 0.500. The summed E-state index contributed by atoms with van der Waals surface area (Å²) in [5.74, 6) is 0.872. The molecule has 1 fully saturated rings. The predicted octanol–water partition coefficient (Wildman–Crippen LogP) is 2.14. The van der Waals surface area contributed by atoms with Crippen molar-refractivity contribution in [3.63, 3.8) is 0 Å². The lowest BCUT2D eigenvalue weighted by Gasteiger charge is -2.35. The highest BCUT2D eigenvalue weighted by atomic mass is 16.5. The second kappa shape index (κ2) is 8.96. The molecular formula is C20H27N3O3. The van der Waals surface area contributed by atoms with Gasteiger partial charge in [0.25, 0.3) is 0 Å². The first-order valence-electron chi connectivity index (χ1n) is 9.20. The minimum Gasteiger partial charge on any atom is -0.491 e. The van der Waals surface area contributed by atoms with E-state index in [-0.39, 0.29) is 5.91 Å². The molecule has 1 saturated heterocycles. The summed E-state index contributed by atoms with van der Waals surface area (Å²) in [4.78, 5) is 17.0. The van der Waals surface area contributed by atoms with Gasteiger partial charge in [0, 0.05) is 25.2 Å². The molecule has 0 radical (unpaired) electrons. The van der Waals surface area contributed by atoms with Crippen molar-refractivity contribution in [1.29, 1.82) is 0 Å². The fourth-order valence-corrected chi connectivity index (χ4v) is 3.45. The Bertz CT molecular complexity index is 718. The van der Waals surface area contributed by atoms with Crippen LogP contribution in [0.5, 0.6) is 5.75 Å². The van der Waals surface area contributed by atoms with E-state index in [1.807, 2.05) is 30.3 Å². The molecule has 0 saturated carbocycles. The van der Waals surface area contributed by atoms with Crippen LogP contribution in [0.3, 0.4) is 0 Å². The van der Waals surface area contributed by atoms with Gasteiger partial charge in [-0.2, -0.15) is 0 Å². The molecule has 3 rings (SSSR count). The third-order valence-electron chi connectivity index (χ3n) is 4.92. The Balaban J connectivity index is 1.47. The molecule has 0 unspecified atom stereocenters. The van der Waals surface area contributed by atoms with Crippen molar-refractivity contribution in [2.24, 2.45) is 5.41 Å². The van der Waals surface area contributed by atoms with E-state index in [2.05, 4.69) is 15.6 Å². The van der Waals surface area contributed by atoms with Gasteiger partial charge in [-0.15, -0.1) is 0 Å². The first-order chi connectivity index (χ1) is 12.7. The topological polar surface area (TPSA) is 72.5 Å². The first kappa shape index (κ1) is 18.6. The third-order valence-corrected chi connectivity index (χ3v) is 4.92. The van der Waals surface area contributed by atoms with Crippen LogP contribution in [0.25, 0.3) is 10.9 Å². The monoisotopic (exact) mass is 357 g/mol. The molecule has 1 aliphatic rings. The zero-order valence-electron chi connectivity index (χ0n) is 15.3. The van der Waals surface area contributed by atoms with E-state index < -0.39 is 5.41 Å². The standard InChI is InChI=1S/C20H27N3O3/c1-25-15-20(8-12-21-13-9-20)19(24)23-11-4-14-26-17-7-2-5-16-6-3-10-22-18(16)17/h2-3,5-7,10,21H,4,8-9,11-15H2,1H3,(H,23,24). The van der Waals surface area contributed by atoms with Crippen molar-refractivity contribution >= 4 is 16.8 Å². The summed E-state index contributed by atoms with van der Waals surface area (Å²) >= 11 is 0. The van der Waals surface area contributed by atoms with Gasteiger partial charge in [-0.1, -0.05) is 18.2 Å². The van der Waals surface area contributed by atoms with Gasteiger partial charge in [0.15, 0.2) is 0 Å². The van der Waals surface area contributed by atoms with Gasteiger partial charge in [0.1, 0.15) is 11.3 Å². The van der Waals surface area contributed by atoms with Crippen molar-refractivity contribution in [2.45, 2.75) is 19.3 Å². The van der Waals surface area contributed by atoms with Crippen LogP contribution in [0, 0.1) is 5.41 Å². The van der Waals surface area contributed by atoms with E-state index in [0.717, 1.165) is 49.0 Å². The van der Waals surface area contributed by atoms with Crippen molar-refractivity contribution in [3.05, 3.63) is 36.5 Å². The zero-order chi connectivity index (χ0) is 18.2. The lowest BCUT2D eigenvalue weighted by molar-refractivity contribution is -0.136. The van der Waals surface area contributed by atoms with E-state index in [9.17, 15) is 4.79 Å². The molecule has 1 aromatic heterocycles. The van der Waals surface area contributed by atoms with Gasteiger partial charge in [0.2, 0.25) is 5.91 Å². The molecule has 0 spiro atoms. The second-order valence-electron chi connectivity index (χ2n) is 6.75. The van der Waals surface area contributed by atoms with Crippen LogP contribution in [0.1, 0.15) is 19.3 Å². The molecule has 140 valence electrons. The number of carbonyl (C=O) groups excluding carboxylic acids is 1. The van der Waals surface area contributed by atoms with Crippen LogP contribution >= 0.6 is 0 Å². The maximum atomic E-state index is 12.6. The third kappa shape index (κ3) is 4.31. The molecule has 1 amide bonds. The van der Waals surface area contributed by atoms with Crippen LogP contribution < -0.4 is 15.4 Å². The summed E-state index contributed by atoms with van der Waals surface area (Å²) in [6, 6.07) is 9.84. The maximum absolute atomic E-state index is 12.6. The molecule has 0 aliphatic carbocycles. The number of amides is 1. The van der Waals surface area contributed by atoms with Crippen LogP contribution in [0.15, 0.2) is 36.5 Å². The molecular weight excluding hydrogens is 330 g/mol. The number of fused-ring (bicyclic) bond motifs is 1. The van der Waals surface area contributed by atoms with Crippen molar-refractivity contribution in [1.82, 2.24) is 15.6 Å². The normalized spacial score (nSPS) is 16.3. The number of rotatable bonds is 8. The van der Waals surface area contributed by atoms with Gasteiger partial charge >= 0.3 is 0 Å². The number of ether oxygens (including phenoxy) is 2. The number of hydrogen-bond acceptors (Lipinski definition) is 5. The van der Waals surface area contributed by atoms with E-state index in [1.165, 1.54) is 0 Å². The van der Waals surface area contributed by atoms with Crippen molar-refractivity contribution in [3.8, 4) is 5.75 Å². The minimum atomic E-state index is -0.402. The number of piperidine rings is 1. The first-order valence-corrected chi connectivity index (χ1v) is 9.20. The molecule has 0 atom stereocenters. The summed E-state index contributed by atoms with van der Waals surface area (Å²) in [6.45, 7) is 3.31. The van der Waals surface area contributed by atoms with Gasteiger partial charge in [0.05, 0.1) is 18.6 Å². The highest BCUT2D eigenvalue weighted by Gasteiger charge is 2.39. The fourth-order valence-electron chi connectivity index (χ4n) is 3.45. The number of nitrogens with one attached hydrogen (secondary N) is 2. The predicted molar refractivity (Wildman–Crippen MR) is 101 cm³/mol. The number of pyridine rings is 1. The number of methoxy groups -OCH3 is 1. The molecule has 0 bridgehead atoms. The summed E-state index contributed by atoms with van der Waals surface area (Å²) < 4.78 is 11.2. The summed E-state index contributed by atoms with van der Waals surface area (Å²) in [7, 11) is 1.66. The number of benzene rings is 1. The Hall–Kier alpha value is -2.18. The van der Waals surface area contributed by atoms with Crippen LogP contribution in [-0.4, -0.2) is 50.8 Å². The van der Waals surface area contributed by atoms with Gasteiger partial charge < -0.3 is 20.1 Å². The molecule has 26 heavy (non-hydrogen) atoms. The number of nitrogens with zero attached hydrogens (tertiary/aromatic N) is 1. The Morgan fingerprint density at radius 2 is 2.08 bits per heavy atom. The van der Waals surface area contributed by atoms with Crippen molar-refractivity contribution in [2.75, 3.05) is 40.0 Å². The zero-order valence-corrected chi connectivity index (χ0v) is 15.3. The van der Waals surface area contributed by atoms with Crippen LogP contribution in [0.4, 0.5) is 0 Å². The number of carbonyl (C=O) groups is 1. The van der Waals surface area contributed by atoms with Crippen LogP contribution in [-0.2, 0) is 9.53 Å². The summed E-state index contributed by atoms with van der Waals surface area (Å²) in [5, 5.41) is 7.42. The Labute approximate surface area is 154 Å². The van der Waals surface area contributed by atoms with E-state index in [1.54, 1.807) is 13.3 Å². The molecule has 6 heteroatoms.